The molecule has 0 atom stereocenters. The third-order valence-electron chi connectivity index (χ3n) is 9.93. The maximum absolute atomic E-state index is 2.63. The number of fused-ring (bicyclic) bond motifs is 4. The normalized spacial score (nSPS) is 12.8. The van der Waals surface area contributed by atoms with Gasteiger partial charge in [-0.25, -0.2) is 0 Å². The lowest BCUT2D eigenvalue weighted by atomic mass is 10.0. The van der Waals surface area contributed by atoms with Crippen LogP contribution in [0.2, 0.25) is 0 Å². The highest BCUT2D eigenvalue weighted by atomic mass is 28.3. The van der Waals surface area contributed by atoms with Crippen molar-refractivity contribution in [3.63, 3.8) is 0 Å². The highest BCUT2D eigenvalue weighted by Crippen LogP contribution is 2.43. The van der Waals surface area contributed by atoms with Gasteiger partial charge in [0.25, 0.3) is 0 Å². The lowest BCUT2D eigenvalue weighted by Gasteiger charge is -2.32. The van der Waals surface area contributed by atoms with Crippen LogP contribution in [-0.4, -0.2) is 8.07 Å². The van der Waals surface area contributed by atoms with Gasteiger partial charge in [-0.05, 0) is 78.5 Å². The maximum atomic E-state index is 2.47. The summed E-state index contributed by atoms with van der Waals surface area (Å²) < 4.78 is 0. The molecule has 1 aliphatic heterocycles. The van der Waals surface area contributed by atoms with Crippen LogP contribution in [-0.2, 0) is 0 Å². The Bertz CT molecular complexity index is 2340. The van der Waals surface area contributed by atoms with E-state index in [0.29, 0.717) is 0 Å². The molecule has 2 heteroatoms. The molecule has 8 aromatic carbocycles. The van der Waals surface area contributed by atoms with Crippen molar-refractivity contribution in [3.05, 3.63) is 200 Å². The van der Waals surface area contributed by atoms with Gasteiger partial charge in [0.15, 0.2) is 8.07 Å². The predicted octanol–water partition coefficient (Wildman–Crippen LogP) is 9.33. The van der Waals surface area contributed by atoms with E-state index in [9.17, 15) is 0 Å². The fourth-order valence-electron chi connectivity index (χ4n) is 7.84. The van der Waals surface area contributed by atoms with Crippen LogP contribution in [0.25, 0.3) is 33.0 Å². The summed E-state index contributed by atoms with van der Waals surface area (Å²) in [5.74, 6) is 0. The second-order valence-corrected chi connectivity index (χ2v) is 16.2. The summed E-state index contributed by atoms with van der Waals surface area (Å²) in [5.41, 5.74) is 8.56. The topological polar surface area (TPSA) is 3.24 Å². The molecule has 0 aromatic heterocycles. The number of nitrogens with zero attached hydrogens (tertiary/aromatic N) is 1. The van der Waals surface area contributed by atoms with Crippen LogP contribution in [0.4, 0.5) is 17.1 Å². The smallest absolute Gasteiger partial charge is 0.180 e. The van der Waals surface area contributed by atoms with E-state index >= 15 is 0 Å². The largest absolute Gasteiger partial charge is 0.310 e. The molecule has 1 aliphatic rings. The van der Waals surface area contributed by atoms with Gasteiger partial charge in [0.2, 0.25) is 0 Å². The van der Waals surface area contributed by atoms with Gasteiger partial charge in [0, 0.05) is 16.9 Å². The fraction of sp³-hybridized carbons (Fsp3) is 0. The quantitative estimate of drug-likeness (QED) is 0.166. The highest BCUT2D eigenvalue weighted by molar-refractivity contribution is 7.22. The van der Waals surface area contributed by atoms with Crippen molar-refractivity contribution in [2.75, 3.05) is 4.90 Å². The molecule has 0 fully saturated rings. The zero-order valence-electron chi connectivity index (χ0n) is 26.5. The second kappa shape index (κ2) is 11.7. The minimum Gasteiger partial charge on any atom is -0.310 e. The zero-order valence-corrected chi connectivity index (χ0v) is 27.5. The Morgan fingerprint density at radius 1 is 0.354 bits per heavy atom. The molecule has 0 saturated heterocycles. The molecule has 0 unspecified atom stereocenters. The van der Waals surface area contributed by atoms with Gasteiger partial charge in [-0.15, -0.1) is 0 Å². The van der Waals surface area contributed by atoms with Crippen molar-refractivity contribution >= 4 is 56.7 Å². The molecule has 8 aromatic rings. The average molecular weight is 628 g/mol. The third kappa shape index (κ3) is 4.45. The van der Waals surface area contributed by atoms with E-state index in [1.807, 2.05) is 0 Å². The zero-order chi connectivity index (χ0) is 31.9. The van der Waals surface area contributed by atoms with Crippen molar-refractivity contribution in [1.82, 2.24) is 0 Å². The summed E-state index contributed by atoms with van der Waals surface area (Å²) in [5, 5.41) is 8.16. The number of hydrogen-bond acceptors (Lipinski definition) is 1. The van der Waals surface area contributed by atoms with Crippen molar-refractivity contribution < 1.29 is 0 Å². The van der Waals surface area contributed by atoms with Gasteiger partial charge in [-0.2, -0.15) is 0 Å². The Kier molecular flexibility index (Phi) is 6.88. The fourth-order valence-corrected chi connectivity index (χ4v) is 13.0. The first kappa shape index (κ1) is 28.3. The third-order valence-corrected chi connectivity index (χ3v) is 14.8. The number of anilines is 3. The summed E-state index contributed by atoms with van der Waals surface area (Å²) in [6, 6.07) is 73.8. The van der Waals surface area contributed by atoms with Gasteiger partial charge >= 0.3 is 0 Å². The molecule has 0 spiro atoms. The van der Waals surface area contributed by atoms with Gasteiger partial charge in [-0.1, -0.05) is 170 Å². The lowest BCUT2D eigenvalue weighted by Crippen LogP contribution is -2.72. The minimum atomic E-state index is -2.63. The predicted molar refractivity (Wildman–Crippen MR) is 207 cm³/mol. The van der Waals surface area contributed by atoms with Gasteiger partial charge < -0.3 is 4.90 Å². The molecular weight excluding hydrogens is 595 g/mol. The summed E-state index contributed by atoms with van der Waals surface area (Å²) in [6.07, 6.45) is 0. The number of rotatable bonds is 6. The molecule has 1 heterocycles. The van der Waals surface area contributed by atoms with Crippen molar-refractivity contribution in [2.24, 2.45) is 0 Å². The van der Waals surface area contributed by atoms with E-state index in [0.717, 1.165) is 11.4 Å². The Labute approximate surface area is 283 Å². The van der Waals surface area contributed by atoms with Crippen LogP contribution in [0.1, 0.15) is 0 Å². The highest BCUT2D eigenvalue weighted by Gasteiger charge is 2.49. The molecule has 0 N–H and O–H groups in total. The van der Waals surface area contributed by atoms with Gasteiger partial charge in [0.05, 0.1) is 5.69 Å². The molecule has 226 valence electrons. The molecule has 0 saturated carbocycles. The van der Waals surface area contributed by atoms with E-state index in [1.165, 1.54) is 59.5 Å². The second-order valence-electron chi connectivity index (χ2n) is 12.5. The summed E-state index contributed by atoms with van der Waals surface area (Å²) in [4.78, 5) is 2.47. The van der Waals surface area contributed by atoms with Crippen LogP contribution < -0.4 is 25.6 Å². The first-order valence-electron chi connectivity index (χ1n) is 16.6. The molecule has 1 nitrogen and oxygen atoms in total. The SMILES string of the molecule is c1ccc(-c2ccc(N(c3ccc4ccccc4c3)c3cccc4c3-c3ccccc3[Si]4(c3ccccc3)c3ccccc3)cc2)cc1. The van der Waals surface area contributed by atoms with Crippen LogP contribution in [0, 0.1) is 0 Å². The van der Waals surface area contributed by atoms with E-state index in [-0.39, 0.29) is 0 Å². The minimum absolute atomic E-state index is 1.13. The Hall–Kier alpha value is -5.96. The van der Waals surface area contributed by atoms with Gasteiger partial charge in [0.1, 0.15) is 0 Å². The van der Waals surface area contributed by atoms with Crippen molar-refractivity contribution in [2.45, 2.75) is 0 Å². The molecule has 0 aliphatic carbocycles. The van der Waals surface area contributed by atoms with Crippen LogP contribution in [0.15, 0.2) is 200 Å². The van der Waals surface area contributed by atoms with Crippen molar-refractivity contribution in [3.8, 4) is 22.3 Å². The lowest BCUT2D eigenvalue weighted by molar-refractivity contribution is 1.29. The van der Waals surface area contributed by atoms with Crippen molar-refractivity contribution in [1.29, 1.82) is 0 Å². The molecule has 0 bridgehead atoms. The average Bonchev–Trinajstić information content (AvgIpc) is 3.48. The number of benzene rings is 8. The molecule has 0 amide bonds. The first-order valence-corrected chi connectivity index (χ1v) is 18.6. The van der Waals surface area contributed by atoms with E-state index in [4.69, 9.17) is 0 Å². The Balaban J connectivity index is 1.33. The Morgan fingerprint density at radius 2 is 0.896 bits per heavy atom. The van der Waals surface area contributed by atoms with E-state index < -0.39 is 8.07 Å². The van der Waals surface area contributed by atoms with Gasteiger partial charge in [-0.3, -0.25) is 0 Å². The molecule has 48 heavy (non-hydrogen) atoms. The van der Waals surface area contributed by atoms with Crippen LogP contribution in [0.5, 0.6) is 0 Å². The van der Waals surface area contributed by atoms with E-state index in [1.54, 1.807) is 0 Å². The summed E-state index contributed by atoms with van der Waals surface area (Å²) >= 11 is 0. The standard InChI is InChI=1S/C46H33NSi/c1-4-15-34(16-5-1)36-27-30-38(31-28-36)47(39-32-29-35-17-10-11-18-37(35)33-39)43-24-14-26-45-46(43)42-23-12-13-25-44(42)48(45,40-19-6-2-7-20-40)41-21-8-3-9-22-41/h1-33H. The summed E-state index contributed by atoms with van der Waals surface area (Å²) in [7, 11) is -2.63. The Morgan fingerprint density at radius 3 is 1.60 bits per heavy atom. The number of hydrogen-bond donors (Lipinski definition) is 0. The molecule has 0 radical (unpaired) electrons. The van der Waals surface area contributed by atoms with E-state index in [2.05, 4.69) is 205 Å². The molecular formula is C46H33NSi. The maximum Gasteiger partial charge on any atom is 0.180 e. The van der Waals surface area contributed by atoms with Crippen LogP contribution in [0.3, 0.4) is 0 Å². The monoisotopic (exact) mass is 627 g/mol. The summed E-state index contributed by atoms with van der Waals surface area (Å²) in [6.45, 7) is 0. The first-order chi connectivity index (χ1) is 23.8. The van der Waals surface area contributed by atoms with Crippen LogP contribution >= 0.6 is 0 Å². The molecule has 9 rings (SSSR count).